The van der Waals surface area contributed by atoms with Gasteiger partial charge in [0.25, 0.3) is 5.91 Å². The zero-order valence-electron chi connectivity index (χ0n) is 16.8. The summed E-state index contributed by atoms with van der Waals surface area (Å²) in [6, 6.07) is 13.1. The molecule has 0 saturated carbocycles. The number of carbonyl (C=O) groups is 2. The molecule has 0 spiro atoms. The highest BCUT2D eigenvalue weighted by atomic mass is 35.5. The van der Waals surface area contributed by atoms with Gasteiger partial charge in [0, 0.05) is 22.7 Å². The second kappa shape index (κ2) is 10.2. The highest BCUT2D eigenvalue weighted by Crippen LogP contribution is 2.28. The number of benzene rings is 3. The first-order valence-corrected chi connectivity index (χ1v) is 10.0. The average Bonchev–Trinajstić information content (AvgIpc) is 2.75. The maximum Gasteiger partial charge on any atom is 0.254 e. The van der Waals surface area contributed by atoms with Crippen LogP contribution < -0.4 is 10.1 Å². The van der Waals surface area contributed by atoms with Crippen molar-refractivity contribution in [3.05, 3.63) is 87.9 Å². The Labute approximate surface area is 183 Å². The molecule has 0 unspecified atom stereocenters. The summed E-state index contributed by atoms with van der Waals surface area (Å²) < 4.78 is 33.7. The molecule has 1 N–H and O–H groups in total. The van der Waals surface area contributed by atoms with Crippen LogP contribution in [0.4, 0.5) is 8.78 Å². The molecule has 3 aromatic rings. The van der Waals surface area contributed by atoms with E-state index in [1.165, 1.54) is 18.2 Å². The molecule has 7 heteroatoms. The van der Waals surface area contributed by atoms with Gasteiger partial charge in [0.15, 0.2) is 0 Å². The molecule has 0 fully saturated rings. The lowest BCUT2D eigenvalue weighted by molar-refractivity contribution is 0.0946. The Morgan fingerprint density at radius 2 is 1.87 bits per heavy atom. The van der Waals surface area contributed by atoms with Crippen molar-refractivity contribution in [2.24, 2.45) is 0 Å². The second-order valence-electron chi connectivity index (χ2n) is 6.87. The van der Waals surface area contributed by atoms with Crippen molar-refractivity contribution in [1.82, 2.24) is 5.32 Å². The summed E-state index contributed by atoms with van der Waals surface area (Å²) in [5.74, 6) is -1.30. The van der Waals surface area contributed by atoms with E-state index < -0.39 is 17.5 Å². The Morgan fingerprint density at radius 1 is 1.06 bits per heavy atom. The van der Waals surface area contributed by atoms with E-state index in [1.54, 1.807) is 24.3 Å². The molecular weight excluding hydrogens is 424 g/mol. The van der Waals surface area contributed by atoms with Crippen LogP contribution in [0.3, 0.4) is 0 Å². The molecule has 0 aromatic heterocycles. The molecule has 0 radical (unpaired) electrons. The van der Waals surface area contributed by atoms with Crippen molar-refractivity contribution in [2.45, 2.75) is 19.9 Å². The fraction of sp³-hybridized carbons (Fsp3) is 0.167. The molecule has 4 nitrogen and oxygen atoms in total. The van der Waals surface area contributed by atoms with Gasteiger partial charge in [-0.15, -0.1) is 0 Å². The quantitative estimate of drug-likeness (QED) is 0.446. The zero-order chi connectivity index (χ0) is 22.4. The van der Waals surface area contributed by atoms with E-state index in [1.807, 2.05) is 6.92 Å². The Kier molecular flexibility index (Phi) is 7.36. The van der Waals surface area contributed by atoms with Gasteiger partial charge in [-0.2, -0.15) is 0 Å². The van der Waals surface area contributed by atoms with E-state index >= 15 is 0 Å². The molecule has 3 rings (SSSR count). The fourth-order valence-corrected chi connectivity index (χ4v) is 3.20. The monoisotopic (exact) mass is 443 g/mol. The highest BCUT2D eigenvalue weighted by Gasteiger charge is 2.14. The SMILES string of the molecule is CCCOc1ccc(-c2cc(F)cc(C=O)c2)cc1CNC(=O)c1ccc(Cl)cc1F. The Bertz CT molecular complexity index is 1120. The van der Waals surface area contributed by atoms with Gasteiger partial charge < -0.3 is 10.1 Å². The molecule has 160 valence electrons. The van der Waals surface area contributed by atoms with Crippen LogP contribution in [0.1, 0.15) is 39.6 Å². The van der Waals surface area contributed by atoms with E-state index in [0.717, 1.165) is 18.6 Å². The van der Waals surface area contributed by atoms with Gasteiger partial charge in [-0.1, -0.05) is 24.6 Å². The summed E-state index contributed by atoms with van der Waals surface area (Å²) in [7, 11) is 0. The van der Waals surface area contributed by atoms with Crippen molar-refractivity contribution in [2.75, 3.05) is 6.61 Å². The Balaban J connectivity index is 1.89. The van der Waals surface area contributed by atoms with Gasteiger partial charge in [0.1, 0.15) is 23.7 Å². The minimum absolute atomic E-state index is 0.0592. The molecule has 0 aliphatic rings. The van der Waals surface area contributed by atoms with Crippen LogP contribution in [0.25, 0.3) is 11.1 Å². The molecule has 0 saturated heterocycles. The van der Waals surface area contributed by atoms with Gasteiger partial charge >= 0.3 is 0 Å². The third-order valence-electron chi connectivity index (χ3n) is 4.53. The van der Waals surface area contributed by atoms with E-state index in [0.29, 0.717) is 35.3 Å². The molecule has 0 heterocycles. The smallest absolute Gasteiger partial charge is 0.254 e. The number of aldehydes is 1. The van der Waals surface area contributed by atoms with Crippen LogP contribution in [-0.2, 0) is 6.54 Å². The van der Waals surface area contributed by atoms with Crippen LogP contribution in [0.15, 0.2) is 54.6 Å². The van der Waals surface area contributed by atoms with Crippen LogP contribution in [0, 0.1) is 11.6 Å². The van der Waals surface area contributed by atoms with Gasteiger partial charge in [-0.05, 0) is 66.1 Å². The molecule has 1 amide bonds. The first-order valence-electron chi connectivity index (χ1n) is 9.66. The molecule has 0 aliphatic heterocycles. The van der Waals surface area contributed by atoms with E-state index in [-0.39, 0.29) is 22.7 Å². The summed E-state index contributed by atoms with van der Waals surface area (Å²) in [5, 5.41) is 2.87. The summed E-state index contributed by atoms with van der Waals surface area (Å²) in [4.78, 5) is 23.5. The number of amides is 1. The van der Waals surface area contributed by atoms with Crippen molar-refractivity contribution in [1.29, 1.82) is 0 Å². The summed E-state index contributed by atoms with van der Waals surface area (Å²) in [6.07, 6.45) is 1.36. The van der Waals surface area contributed by atoms with Crippen LogP contribution in [0.5, 0.6) is 5.75 Å². The lowest BCUT2D eigenvalue weighted by Crippen LogP contribution is -2.24. The minimum Gasteiger partial charge on any atom is -0.493 e. The lowest BCUT2D eigenvalue weighted by Gasteiger charge is -2.14. The van der Waals surface area contributed by atoms with Gasteiger partial charge in [0.05, 0.1) is 12.2 Å². The van der Waals surface area contributed by atoms with Gasteiger partial charge in [0.2, 0.25) is 0 Å². The van der Waals surface area contributed by atoms with E-state index in [2.05, 4.69) is 5.32 Å². The molecule has 0 atom stereocenters. The lowest BCUT2D eigenvalue weighted by atomic mass is 10.00. The average molecular weight is 444 g/mol. The summed E-state index contributed by atoms with van der Waals surface area (Å²) >= 11 is 5.74. The first kappa shape index (κ1) is 22.4. The normalized spacial score (nSPS) is 10.6. The van der Waals surface area contributed by atoms with Crippen molar-refractivity contribution in [3.8, 4) is 16.9 Å². The summed E-state index contributed by atoms with van der Waals surface area (Å²) in [6.45, 7) is 2.50. The number of rotatable bonds is 8. The minimum atomic E-state index is -0.720. The van der Waals surface area contributed by atoms with E-state index in [4.69, 9.17) is 16.3 Å². The molecular formula is C24H20ClF2NO3. The maximum atomic E-state index is 14.0. The topological polar surface area (TPSA) is 55.4 Å². The Morgan fingerprint density at radius 3 is 2.58 bits per heavy atom. The van der Waals surface area contributed by atoms with Gasteiger partial charge in [-0.25, -0.2) is 8.78 Å². The Hall–Kier alpha value is -3.25. The zero-order valence-corrected chi connectivity index (χ0v) is 17.5. The number of carbonyl (C=O) groups excluding carboxylic acids is 2. The number of halogens is 3. The standard InChI is InChI=1S/C24H20ClF2NO3/c1-2-7-31-23-6-3-16(17-8-15(14-29)9-20(26)11-17)10-18(23)13-28-24(30)21-5-4-19(25)12-22(21)27/h3-6,8-12,14H,2,7,13H2,1H3,(H,28,30). The number of hydrogen-bond donors (Lipinski definition) is 1. The molecule has 31 heavy (non-hydrogen) atoms. The highest BCUT2D eigenvalue weighted by molar-refractivity contribution is 6.30. The van der Waals surface area contributed by atoms with E-state index in [9.17, 15) is 18.4 Å². The van der Waals surface area contributed by atoms with Crippen LogP contribution in [-0.4, -0.2) is 18.8 Å². The number of hydrogen-bond acceptors (Lipinski definition) is 3. The number of nitrogens with one attached hydrogen (secondary N) is 1. The van der Waals surface area contributed by atoms with Crippen molar-refractivity contribution in [3.63, 3.8) is 0 Å². The van der Waals surface area contributed by atoms with Gasteiger partial charge in [-0.3, -0.25) is 9.59 Å². The van der Waals surface area contributed by atoms with Crippen molar-refractivity contribution < 1.29 is 23.1 Å². The fourth-order valence-electron chi connectivity index (χ4n) is 3.04. The second-order valence-corrected chi connectivity index (χ2v) is 7.31. The molecule has 0 aliphatic carbocycles. The predicted molar refractivity (Wildman–Crippen MR) is 116 cm³/mol. The molecule has 0 bridgehead atoms. The third-order valence-corrected chi connectivity index (χ3v) is 4.76. The first-order chi connectivity index (χ1) is 14.9. The maximum absolute atomic E-state index is 14.0. The largest absolute Gasteiger partial charge is 0.493 e. The number of ether oxygens (including phenoxy) is 1. The third kappa shape index (κ3) is 5.67. The van der Waals surface area contributed by atoms with Crippen LogP contribution >= 0.6 is 11.6 Å². The molecule has 3 aromatic carbocycles. The van der Waals surface area contributed by atoms with Crippen molar-refractivity contribution >= 4 is 23.8 Å². The van der Waals surface area contributed by atoms with Crippen LogP contribution in [0.2, 0.25) is 5.02 Å². The summed E-state index contributed by atoms with van der Waals surface area (Å²) in [5.41, 5.74) is 1.88. The predicted octanol–water partition coefficient (Wildman–Crippen LogP) is 5.82.